The van der Waals surface area contributed by atoms with E-state index in [1.807, 2.05) is 6.08 Å². The van der Waals surface area contributed by atoms with Gasteiger partial charge >= 0.3 is 0 Å². The highest BCUT2D eigenvalue weighted by molar-refractivity contribution is 5.32. The lowest BCUT2D eigenvalue weighted by Gasteiger charge is -2.06. The first-order valence-electron chi connectivity index (χ1n) is 9.88. The van der Waals surface area contributed by atoms with Crippen molar-refractivity contribution in [3.8, 4) is 6.07 Å². The molecule has 0 heterocycles. The van der Waals surface area contributed by atoms with Gasteiger partial charge < -0.3 is 5.73 Å². The van der Waals surface area contributed by atoms with E-state index in [0.29, 0.717) is 6.54 Å². The summed E-state index contributed by atoms with van der Waals surface area (Å²) in [5.74, 6) is 0. The van der Waals surface area contributed by atoms with Gasteiger partial charge in [0.2, 0.25) is 0 Å². The van der Waals surface area contributed by atoms with Gasteiger partial charge in [0.15, 0.2) is 0 Å². The summed E-state index contributed by atoms with van der Waals surface area (Å²) in [5, 5.41) is 9.43. The number of unbranched alkanes of at least 4 members (excludes halogenated alkanes) is 1. The maximum absolute atomic E-state index is 9.43. The third kappa shape index (κ3) is 13.4. The Morgan fingerprint density at radius 3 is 2.20 bits per heavy atom. The molecule has 0 aliphatic carbocycles. The van der Waals surface area contributed by atoms with Crippen molar-refractivity contribution in [1.29, 1.82) is 5.26 Å². The SMILES string of the molecule is CCCCC(=C/CN)/C=C(/C#N)CC/C=C(\CCC)CCC=C(C)C. The lowest BCUT2D eigenvalue weighted by molar-refractivity contribution is 0.793. The predicted molar refractivity (Wildman–Crippen MR) is 111 cm³/mol. The van der Waals surface area contributed by atoms with Crippen molar-refractivity contribution in [2.24, 2.45) is 5.73 Å². The van der Waals surface area contributed by atoms with Crippen molar-refractivity contribution in [2.75, 3.05) is 6.54 Å². The summed E-state index contributed by atoms with van der Waals surface area (Å²) in [5.41, 5.74) is 10.6. The molecule has 0 aliphatic heterocycles. The molecule has 0 unspecified atom stereocenters. The van der Waals surface area contributed by atoms with Gasteiger partial charge in [0.25, 0.3) is 0 Å². The van der Waals surface area contributed by atoms with E-state index in [0.717, 1.165) is 56.9 Å². The summed E-state index contributed by atoms with van der Waals surface area (Å²) < 4.78 is 0. The van der Waals surface area contributed by atoms with Crippen molar-refractivity contribution in [2.45, 2.75) is 85.5 Å². The molecule has 0 saturated carbocycles. The molecular weight excluding hydrogens is 304 g/mol. The van der Waals surface area contributed by atoms with Crippen molar-refractivity contribution in [3.05, 3.63) is 46.6 Å². The number of hydrogen-bond donors (Lipinski definition) is 1. The van der Waals surface area contributed by atoms with Crippen molar-refractivity contribution >= 4 is 0 Å². The Hall–Kier alpha value is -1.59. The highest BCUT2D eigenvalue weighted by Crippen LogP contribution is 2.18. The summed E-state index contributed by atoms with van der Waals surface area (Å²) in [6, 6.07) is 2.37. The predicted octanol–water partition coefficient (Wildman–Crippen LogP) is 6.76. The first kappa shape index (κ1) is 23.4. The third-order valence-electron chi connectivity index (χ3n) is 4.14. The highest BCUT2D eigenvalue weighted by atomic mass is 14.5. The van der Waals surface area contributed by atoms with Crippen LogP contribution in [0.3, 0.4) is 0 Å². The molecule has 0 rings (SSSR count). The first-order chi connectivity index (χ1) is 12.1. The molecule has 25 heavy (non-hydrogen) atoms. The molecular formula is C23H38N2. The summed E-state index contributed by atoms with van der Waals surface area (Å²) in [6.07, 6.45) is 18.5. The molecule has 0 bridgehead atoms. The van der Waals surface area contributed by atoms with Crippen LogP contribution >= 0.6 is 0 Å². The van der Waals surface area contributed by atoms with E-state index in [1.54, 1.807) is 0 Å². The van der Waals surface area contributed by atoms with Crippen molar-refractivity contribution in [3.63, 3.8) is 0 Å². The molecule has 0 atom stereocenters. The van der Waals surface area contributed by atoms with E-state index >= 15 is 0 Å². The summed E-state index contributed by atoms with van der Waals surface area (Å²) in [6.45, 7) is 9.26. The van der Waals surface area contributed by atoms with Crippen LogP contribution in [0.25, 0.3) is 0 Å². The molecule has 0 saturated heterocycles. The number of nitrogens with two attached hydrogens (primary N) is 1. The van der Waals surface area contributed by atoms with E-state index in [2.05, 4.69) is 52.0 Å². The van der Waals surface area contributed by atoms with Gasteiger partial charge in [-0.25, -0.2) is 0 Å². The monoisotopic (exact) mass is 342 g/mol. The fourth-order valence-electron chi connectivity index (χ4n) is 2.78. The zero-order valence-corrected chi connectivity index (χ0v) is 16.9. The molecule has 0 aromatic carbocycles. The average Bonchev–Trinajstić information content (AvgIpc) is 2.58. The number of nitriles is 1. The molecule has 0 aliphatic rings. The van der Waals surface area contributed by atoms with E-state index in [4.69, 9.17) is 5.73 Å². The van der Waals surface area contributed by atoms with Gasteiger partial charge in [-0.3, -0.25) is 0 Å². The first-order valence-corrected chi connectivity index (χ1v) is 9.88. The molecule has 0 fully saturated rings. The Labute approximate surface area is 156 Å². The molecule has 2 heteroatoms. The zero-order chi connectivity index (χ0) is 18.9. The summed E-state index contributed by atoms with van der Waals surface area (Å²) in [7, 11) is 0. The van der Waals surface area contributed by atoms with Gasteiger partial charge in [-0.05, 0) is 70.4 Å². The van der Waals surface area contributed by atoms with E-state index in [1.165, 1.54) is 23.1 Å². The fourth-order valence-corrected chi connectivity index (χ4v) is 2.78. The third-order valence-corrected chi connectivity index (χ3v) is 4.14. The Kier molecular flexibility index (Phi) is 14.9. The Morgan fingerprint density at radius 1 is 0.920 bits per heavy atom. The van der Waals surface area contributed by atoms with Gasteiger partial charge in [-0.15, -0.1) is 0 Å². The Balaban J connectivity index is 4.77. The standard InChI is InChI=1S/C23H38N2/c1-5-7-12-22(16-17-24)18-23(19-25)15-9-14-21(10-6-2)13-8-11-20(3)4/h11,14,16,18H,5-10,12-13,15,17,24H2,1-4H3/b21-14+,22-16-,23-18+. The zero-order valence-electron chi connectivity index (χ0n) is 16.9. The molecule has 2 nitrogen and oxygen atoms in total. The number of hydrogen-bond acceptors (Lipinski definition) is 2. The van der Waals surface area contributed by atoms with Gasteiger partial charge in [0.05, 0.1) is 6.07 Å². The second kappa shape index (κ2) is 15.9. The summed E-state index contributed by atoms with van der Waals surface area (Å²) in [4.78, 5) is 0. The maximum Gasteiger partial charge on any atom is 0.0947 e. The minimum Gasteiger partial charge on any atom is -0.327 e. The molecule has 0 aromatic heterocycles. The average molecular weight is 343 g/mol. The molecule has 0 aromatic rings. The van der Waals surface area contributed by atoms with E-state index in [-0.39, 0.29) is 0 Å². The van der Waals surface area contributed by atoms with Crippen LogP contribution < -0.4 is 5.73 Å². The van der Waals surface area contributed by atoms with Gasteiger partial charge in [-0.2, -0.15) is 5.26 Å². The van der Waals surface area contributed by atoms with Crippen LogP contribution in [0.5, 0.6) is 0 Å². The van der Waals surface area contributed by atoms with Gasteiger partial charge in [0, 0.05) is 12.1 Å². The van der Waals surface area contributed by atoms with E-state index in [9.17, 15) is 5.26 Å². The molecule has 2 N–H and O–H groups in total. The van der Waals surface area contributed by atoms with Crippen LogP contribution in [0.4, 0.5) is 0 Å². The van der Waals surface area contributed by atoms with Crippen LogP contribution in [0.2, 0.25) is 0 Å². The number of allylic oxidation sites excluding steroid dienone is 7. The van der Waals surface area contributed by atoms with Crippen molar-refractivity contribution in [1.82, 2.24) is 0 Å². The van der Waals surface area contributed by atoms with Crippen LogP contribution in [-0.2, 0) is 0 Å². The van der Waals surface area contributed by atoms with Gasteiger partial charge in [-0.1, -0.05) is 56.1 Å². The molecule has 0 radical (unpaired) electrons. The molecule has 0 amide bonds. The second-order valence-electron chi connectivity index (χ2n) is 6.87. The minimum absolute atomic E-state index is 0.541. The van der Waals surface area contributed by atoms with Crippen LogP contribution in [0, 0.1) is 11.3 Å². The normalized spacial score (nSPS) is 12.9. The Bertz CT molecular complexity index is 509. The summed E-state index contributed by atoms with van der Waals surface area (Å²) >= 11 is 0. The molecule has 0 spiro atoms. The lowest BCUT2D eigenvalue weighted by Crippen LogP contribution is -1.96. The maximum atomic E-state index is 9.43. The van der Waals surface area contributed by atoms with Crippen LogP contribution in [0.15, 0.2) is 46.6 Å². The highest BCUT2D eigenvalue weighted by Gasteiger charge is 2.01. The number of rotatable bonds is 13. The lowest BCUT2D eigenvalue weighted by atomic mass is 9.99. The largest absolute Gasteiger partial charge is 0.327 e. The van der Waals surface area contributed by atoms with Gasteiger partial charge in [0.1, 0.15) is 0 Å². The van der Waals surface area contributed by atoms with Crippen molar-refractivity contribution < 1.29 is 0 Å². The topological polar surface area (TPSA) is 49.8 Å². The Morgan fingerprint density at radius 2 is 1.64 bits per heavy atom. The van der Waals surface area contributed by atoms with Crippen LogP contribution in [0.1, 0.15) is 85.5 Å². The quantitative estimate of drug-likeness (QED) is 0.228. The van der Waals surface area contributed by atoms with E-state index < -0.39 is 0 Å². The smallest absolute Gasteiger partial charge is 0.0947 e. The molecule has 140 valence electrons. The second-order valence-corrected chi connectivity index (χ2v) is 6.87. The minimum atomic E-state index is 0.541. The fraction of sp³-hybridized carbons (Fsp3) is 0.609. The number of nitrogens with zero attached hydrogens (tertiary/aromatic N) is 1. The van der Waals surface area contributed by atoms with Crippen LogP contribution in [-0.4, -0.2) is 6.54 Å².